The molecular formula is C17H18Cl2N6O4. The third-order valence-electron chi connectivity index (χ3n) is 4.25. The largest absolute Gasteiger partial charge is 0.476 e. The lowest BCUT2D eigenvalue weighted by atomic mass is 10.3. The number of halogens is 2. The number of carboxylic acids is 1. The number of nitrogens with zero attached hydrogens (tertiary/aromatic N) is 4. The summed E-state index contributed by atoms with van der Waals surface area (Å²) in [5.41, 5.74) is 10.9. The molecule has 0 saturated heterocycles. The number of hydrogen-bond acceptors (Lipinski definition) is 9. The van der Waals surface area contributed by atoms with E-state index in [1.165, 1.54) is 7.11 Å². The molecule has 0 aromatic carbocycles. The van der Waals surface area contributed by atoms with E-state index in [2.05, 4.69) is 24.7 Å². The van der Waals surface area contributed by atoms with Gasteiger partial charge in [0, 0.05) is 11.8 Å². The molecule has 2 heterocycles. The number of nitrogens with two attached hydrogens (primary N) is 2. The number of rotatable bonds is 4. The third-order valence-corrected chi connectivity index (χ3v) is 5.00. The lowest BCUT2D eigenvalue weighted by Crippen LogP contribution is -2.11. The van der Waals surface area contributed by atoms with Gasteiger partial charge in [0.15, 0.2) is 11.4 Å². The van der Waals surface area contributed by atoms with Gasteiger partial charge in [-0.3, -0.25) is 0 Å². The van der Waals surface area contributed by atoms with E-state index in [0.29, 0.717) is 17.6 Å². The first-order valence-electron chi connectivity index (χ1n) is 8.70. The number of nitrogen functional groups attached to an aromatic ring is 2. The van der Waals surface area contributed by atoms with E-state index in [9.17, 15) is 9.59 Å². The molecule has 10 nitrogen and oxygen atoms in total. The summed E-state index contributed by atoms with van der Waals surface area (Å²) in [5, 5.41) is 8.77. The van der Waals surface area contributed by atoms with Gasteiger partial charge < -0.3 is 21.3 Å². The van der Waals surface area contributed by atoms with Crippen LogP contribution >= 0.6 is 23.2 Å². The van der Waals surface area contributed by atoms with Crippen molar-refractivity contribution >= 4 is 46.8 Å². The molecule has 0 bridgehead atoms. The molecule has 2 aromatic rings. The van der Waals surface area contributed by atoms with E-state index in [-0.39, 0.29) is 39.0 Å². The molecule has 0 unspecified atom stereocenters. The molecule has 0 aliphatic heterocycles. The van der Waals surface area contributed by atoms with Gasteiger partial charge in [0.25, 0.3) is 0 Å². The van der Waals surface area contributed by atoms with Gasteiger partial charge in [-0.1, -0.05) is 23.2 Å². The average Bonchev–Trinajstić information content (AvgIpc) is 3.57. The topological polar surface area (TPSA) is 167 Å². The molecule has 2 saturated carbocycles. The van der Waals surface area contributed by atoms with Crippen molar-refractivity contribution in [3.05, 3.63) is 33.1 Å². The minimum Gasteiger partial charge on any atom is -0.476 e. The van der Waals surface area contributed by atoms with Crippen LogP contribution in [0.25, 0.3) is 0 Å². The van der Waals surface area contributed by atoms with Gasteiger partial charge in [-0.25, -0.2) is 29.5 Å². The summed E-state index contributed by atoms with van der Waals surface area (Å²) in [5.74, 6) is 0.0548. The number of aromatic carboxylic acids is 1. The highest BCUT2D eigenvalue weighted by Gasteiger charge is 2.30. The van der Waals surface area contributed by atoms with Crippen LogP contribution in [0.1, 0.15) is 70.1 Å². The summed E-state index contributed by atoms with van der Waals surface area (Å²) in [7, 11) is 1.27. The van der Waals surface area contributed by atoms with Gasteiger partial charge in [0.1, 0.15) is 33.3 Å². The maximum Gasteiger partial charge on any atom is 0.358 e. The molecule has 12 heteroatoms. The number of carboxylic acid groups (broad SMARTS) is 1. The SMILES string of the molecule is COC(=O)c1nc(C2CC2)nc(N)c1Cl.Nc1nc(C2CC2)nc(C(=O)O)c1Cl. The fraction of sp³-hybridized carbons (Fsp3) is 0.412. The summed E-state index contributed by atoms with van der Waals surface area (Å²) in [4.78, 5) is 38.0. The van der Waals surface area contributed by atoms with Crippen LogP contribution in [0.15, 0.2) is 0 Å². The van der Waals surface area contributed by atoms with Gasteiger partial charge >= 0.3 is 11.9 Å². The number of ether oxygens (including phenoxy) is 1. The van der Waals surface area contributed by atoms with E-state index in [1.54, 1.807) is 0 Å². The second-order valence-electron chi connectivity index (χ2n) is 6.60. The zero-order chi connectivity index (χ0) is 21.3. The molecule has 0 amide bonds. The molecule has 2 aliphatic rings. The second kappa shape index (κ2) is 8.34. The van der Waals surface area contributed by atoms with Crippen LogP contribution in [0.4, 0.5) is 11.6 Å². The van der Waals surface area contributed by atoms with Gasteiger partial charge in [0.05, 0.1) is 7.11 Å². The molecule has 4 rings (SSSR count). The standard InChI is InChI=1S/C9H10ClN3O2.C8H8ClN3O2/c1-15-9(14)6-5(10)7(11)13-8(12-6)4-2-3-4;9-4-5(8(13)14)11-7(3-1-2-3)12-6(4)10/h4H,2-3H2,1H3,(H2,11,12,13);3H,1-2H2,(H,13,14)(H2,10,11,12). The maximum atomic E-state index is 11.3. The van der Waals surface area contributed by atoms with E-state index in [4.69, 9.17) is 39.8 Å². The predicted octanol–water partition coefficient (Wildman–Crippen LogP) is 2.66. The monoisotopic (exact) mass is 440 g/mol. The van der Waals surface area contributed by atoms with E-state index < -0.39 is 11.9 Å². The van der Waals surface area contributed by atoms with Crippen molar-refractivity contribution in [1.82, 2.24) is 19.9 Å². The number of anilines is 2. The van der Waals surface area contributed by atoms with Crippen LogP contribution in [-0.2, 0) is 4.74 Å². The Bertz CT molecular complexity index is 979. The van der Waals surface area contributed by atoms with Crippen molar-refractivity contribution in [3.63, 3.8) is 0 Å². The minimum atomic E-state index is -1.17. The van der Waals surface area contributed by atoms with Gasteiger partial charge in [-0.15, -0.1) is 0 Å². The third kappa shape index (κ3) is 4.83. The molecule has 154 valence electrons. The smallest absolute Gasteiger partial charge is 0.358 e. The van der Waals surface area contributed by atoms with Crippen LogP contribution in [-0.4, -0.2) is 44.1 Å². The number of esters is 1. The highest BCUT2D eigenvalue weighted by atomic mass is 35.5. The highest BCUT2D eigenvalue weighted by molar-refractivity contribution is 6.35. The van der Waals surface area contributed by atoms with Crippen molar-refractivity contribution in [2.45, 2.75) is 37.5 Å². The minimum absolute atomic E-state index is 0.0426. The first kappa shape index (κ1) is 21.0. The highest BCUT2D eigenvalue weighted by Crippen LogP contribution is 2.40. The summed E-state index contributed by atoms with van der Waals surface area (Å²) in [6.45, 7) is 0. The van der Waals surface area contributed by atoms with E-state index in [0.717, 1.165) is 25.7 Å². The number of carbonyl (C=O) groups excluding carboxylic acids is 1. The van der Waals surface area contributed by atoms with Crippen molar-refractivity contribution < 1.29 is 19.4 Å². The Morgan fingerprint density at radius 2 is 1.31 bits per heavy atom. The fourth-order valence-corrected chi connectivity index (χ4v) is 2.71. The van der Waals surface area contributed by atoms with Gasteiger partial charge in [-0.2, -0.15) is 0 Å². The van der Waals surface area contributed by atoms with Crippen LogP contribution < -0.4 is 11.5 Å². The van der Waals surface area contributed by atoms with Crippen LogP contribution in [0.5, 0.6) is 0 Å². The molecule has 2 fully saturated rings. The molecule has 2 aliphatic carbocycles. The number of aromatic nitrogens is 4. The maximum absolute atomic E-state index is 11.3. The Morgan fingerprint density at radius 3 is 1.69 bits per heavy atom. The Kier molecular flexibility index (Phi) is 6.04. The Labute approximate surface area is 175 Å². The zero-order valence-electron chi connectivity index (χ0n) is 15.4. The molecular weight excluding hydrogens is 423 g/mol. The van der Waals surface area contributed by atoms with Crippen LogP contribution in [0.2, 0.25) is 10.0 Å². The van der Waals surface area contributed by atoms with Gasteiger partial charge in [0.2, 0.25) is 0 Å². The quantitative estimate of drug-likeness (QED) is 0.600. The van der Waals surface area contributed by atoms with E-state index in [1.807, 2.05) is 0 Å². The van der Waals surface area contributed by atoms with E-state index >= 15 is 0 Å². The summed E-state index contributed by atoms with van der Waals surface area (Å²) < 4.78 is 4.56. The van der Waals surface area contributed by atoms with Crippen molar-refractivity contribution in [3.8, 4) is 0 Å². The Balaban J connectivity index is 0.000000166. The summed E-state index contributed by atoms with van der Waals surface area (Å²) in [6, 6.07) is 0. The number of carbonyl (C=O) groups is 2. The van der Waals surface area contributed by atoms with Gasteiger partial charge in [-0.05, 0) is 25.7 Å². The zero-order valence-corrected chi connectivity index (χ0v) is 16.9. The number of methoxy groups -OCH3 is 1. The first-order valence-corrected chi connectivity index (χ1v) is 9.45. The van der Waals surface area contributed by atoms with Crippen molar-refractivity contribution in [2.24, 2.45) is 0 Å². The summed E-state index contributed by atoms with van der Waals surface area (Å²) >= 11 is 11.5. The molecule has 5 N–H and O–H groups in total. The summed E-state index contributed by atoms with van der Waals surface area (Å²) in [6.07, 6.45) is 4.03. The Morgan fingerprint density at radius 1 is 0.897 bits per heavy atom. The van der Waals surface area contributed by atoms with Crippen molar-refractivity contribution in [1.29, 1.82) is 0 Å². The molecule has 0 atom stereocenters. The first-order chi connectivity index (χ1) is 13.7. The van der Waals surface area contributed by atoms with Crippen molar-refractivity contribution in [2.75, 3.05) is 18.6 Å². The molecule has 0 spiro atoms. The fourth-order valence-electron chi connectivity index (χ4n) is 2.39. The lowest BCUT2D eigenvalue weighted by molar-refractivity contribution is 0.0593. The molecule has 2 aromatic heterocycles. The average molecular weight is 441 g/mol. The van der Waals surface area contributed by atoms with Crippen LogP contribution in [0, 0.1) is 0 Å². The molecule has 29 heavy (non-hydrogen) atoms. The number of hydrogen-bond donors (Lipinski definition) is 3. The second-order valence-corrected chi connectivity index (χ2v) is 7.36. The lowest BCUT2D eigenvalue weighted by Gasteiger charge is -2.06. The normalized spacial score (nSPS) is 15.3. The van der Waals surface area contributed by atoms with Crippen LogP contribution in [0.3, 0.4) is 0 Å². The Hall–Kier alpha value is -2.72. The predicted molar refractivity (Wildman–Crippen MR) is 105 cm³/mol. The molecule has 0 radical (unpaired) electrons.